The molecule has 4 heterocycles. The average molecular weight is 363 g/mol. The van der Waals surface area contributed by atoms with E-state index in [1.807, 2.05) is 0 Å². The van der Waals surface area contributed by atoms with Crippen molar-refractivity contribution in [2.24, 2.45) is 0 Å². The second-order valence-corrected chi connectivity index (χ2v) is 9.62. The highest BCUT2D eigenvalue weighted by atomic mass is 32.1. The Hall–Kier alpha value is -1.02. The van der Waals surface area contributed by atoms with Crippen LogP contribution in [0.4, 0.5) is 0 Å². The largest absolute Gasteiger partial charge is 0.391 e. The highest BCUT2D eigenvalue weighted by Crippen LogP contribution is 2.46. The lowest BCUT2D eigenvalue weighted by Gasteiger charge is -1.93. The van der Waals surface area contributed by atoms with E-state index in [9.17, 15) is 10.2 Å². The van der Waals surface area contributed by atoms with Gasteiger partial charge in [0.25, 0.3) is 0 Å². The number of benzene rings is 1. The molecule has 0 bridgehead atoms. The molecule has 0 spiro atoms. The van der Waals surface area contributed by atoms with Crippen molar-refractivity contribution in [3.05, 3.63) is 34.0 Å². The maximum Gasteiger partial charge on any atom is 0.0775 e. The highest BCUT2D eigenvalue weighted by Gasteiger charge is 2.14. The maximum atomic E-state index is 9.32. The molecule has 6 heteroatoms. The van der Waals surface area contributed by atoms with Gasteiger partial charge in [-0.15, -0.1) is 45.3 Å². The van der Waals surface area contributed by atoms with Gasteiger partial charge in [0.1, 0.15) is 0 Å². The van der Waals surface area contributed by atoms with E-state index in [2.05, 4.69) is 24.3 Å². The summed E-state index contributed by atoms with van der Waals surface area (Å²) in [5.41, 5.74) is 0. The number of aliphatic hydroxyl groups is 2. The lowest BCUT2D eigenvalue weighted by Crippen LogP contribution is -1.71. The summed E-state index contributed by atoms with van der Waals surface area (Å²) in [7, 11) is 0. The van der Waals surface area contributed by atoms with Gasteiger partial charge in [-0.05, 0) is 24.3 Å². The quantitative estimate of drug-likeness (QED) is 0.433. The maximum absolute atomic E-state index is 9.32. The van der Waals surface area contributed by atoms with E-state index in [1.165, 1.54) is 39.0 Å². The monoisotopic (exact) mass is 362 g/mol. The summed E-state index contributed by atoms with van der Waals surface area (Å²) in [5, 5.41) is 21.2. The van der Waals surface area contributed by atoms with Crippen molar-refractivity contribution >= 4 is 84.3 Å². The third kappa shape index (κ3) is 1.76. The van der Waals surface area contributed by atoms with Gasteiger partial charge in [-0.1, -0.05) is 0 Å². The predicted octanol–water partition coefficient (Wildman–Crippen LogP) is 5.53. The summed E-state index contributed by atoms with van der Waals surface area (Å²) in [6.07, 6.45) is 0. The number of thiophene rings is 4. The van der Waals surface area contributed by atoms with Crippen LogP contribution < -0.4 is 0 Å². The van der Waals surface area contributed by atoms with Crippen LogP contribution in [0.15, 0.2) is 24.3 Å². The zero-order chi connectivity index (χ0) is 14.8. The van der Waals surface area contributed by atoms with E-state index >= 15 is 0 Å². The molecule has 0 amide bonds. The first-order valence-corrected chi connectivity index (χ1v) is 10.0. The van der Waals surface area contributed by atoms with Gasteiger partial charge >= 0.3 is 0 Å². The molecule has 5 rings (SSSR count). The Labute approximate surface area is 141 Å². The van der Waals surface area contributed by atoms with Crippen LogP contribution >= 0.6 is 45.3 Å². The molecule has 0 radical (unpaired) electrons. The Morgan fingerprint density at radius 1 is 0.591 bits per heavy atom. The molecule has 22 heavy (non-hydrogen) atoms. The molecule has 2 nitrogen and oxygen atoms in total. The molecule has 0 saturated carbocycles. The summed E-state index contributed by atoms with van der Waals surface area (Å²) < 4.78 is 7.71. The molecule has 0 aliphatic rings. The zero-order valence-electron chi connectivity index (χ0n) is 11.3. The number of fused-ring (bicyclic) bond motifs is 6. The molecule has 110 valence electrons. The van der Waals surface area contributed by atoms with Crippen molar-refractivity contribution < 1.29 is 10.2 Å². The molecule has 0 fully saturated rings. The molecular formula is C16H10O2S4. The number of rotatable bonds is 2. The second kappa shape index (κ2) is 4.74. The Morgan fingerprint density at radius 3 is 1.45 bits per heavy atom. The topological polar surface area (TPSA) is 40.5 Å². The Balaban J connectivity index is 1.87. The van der Waals surface area contributed by atoms with E-state index in [1.54, 1.807) is 45.3 Å². The molecule has 5 aromatic rings. The third-order valence-electron chi connectivity index (χ3n) is 3.82. The summed E-state index contributed by atoms with van der Waals surface area (Å²) >= 11 is 6.98. The molecule has 0 aliphatic heterocycles. The van der Waals surface area contributed by atoms with Crippen LogP contribution in [-0.4, -0.2) is 10.2 Å². The van der Waals surface area contributed by atoms with Crippen LogP contribution in [0.25, 0.3) is 39.0 Å². The third-order valence-corrected chi connectivity index (χ3v) is 8.58. The minimum atomic E-state index is 0.120. The van der Waals surface area contributed by atoms with Crippen molar-refractivity contribution in [2.45, 2.75) is 13.2 Å². The van der Waals surface area contributed by atoms with Crippen LogP contribution in [0.3, 0.4) is 0 Å². The van der Waals surface area contributed by atoms with Crippen LogP contribution in [0.5, 0.6) is 0 Å². The summed E-state index contributed by atoms with van der Waals surface area (Å²) in [5.74, 6) is 0. The van der Waals surface area contributed by atoms with Gasteiger partial charge in [0.2, 0.25) is 0 Å². The summed E-state index contributed by atoms with van der Waals surface area (Å²) in [6, 6.07) is 8.78. The minimum Gasteiger partial charge on any atom is -0.391 e. The van der Waals surface area contributed by atoms with E-state index in [0.29, 0.717) is 0 Å². The lowest BCUT2D eigenvalue weighted by atomic mass is 10.2. The van der Waals surface area contributed by atoms with E-state index < -0.39 is 0 Å². The standard InChI is InChI=1S/C16H10O2S4/c17-5-7-1-13-15(19-7)9-3-12-10(4-11(9)21-13)16-14(22-12)2-8(6-18)20-16/h1-4,17-18H,5-6H2. The van der Waals surface area contributed by atoms with Gasteiger partial charge in [-0.3, -0.25) is 0 Å². The Kier molecular flexibility index (Phi) is 2.89. The minimum absolute atomic E-state index is 0.120. The van der Waals surface area contributed by atoms with Gasteiger partial charge in [0, 0.05) is 39.3 Å². The van der Waals surface area contributed by atoms with Crippen LogP contribution in [-0.2, 0) is 13.2 Å². The van der Waals surface area contributed by atoms with Crippen molar-refractivity contribution in [1.29, 1.82) is 0 Å². The van der Waals surface area contributed by atoms with Crippen LogP contribution in [0.1, 0.15) is 9.75 Å². The normalized spacial score (nSPS) is 12.5. The molecular weight excluding hydrogens is 352 g/mol. The predicted molar refractivity (Wildman–Crippen MR) is 99.8 cm³/mol. The molecule has 0 aliphatic carbocycles. The number of aliphatic hydroxyl groups excluding tert-OH is 2. The van der Waals surface area contributed by atoms with Crippen LogP contribution in [0.2, 0.25) is 0 Å². The second-order valence-electron chi connectivity index (χ2n) is 5.18. The van der Waals surface area contributed by atoms with Crippen molar-refractivity contribution in [3.63, 3.8) is 0 Å². The summed E-state index contributed by atoms with van der Waals surface area (Å²) in [4.78, 5) is 2.06. The number of hydrogen-bond donors (Lipinski definition) is 2. The van der Waals surface area contributed by atoms with Gasteiger partial charge in [-0.25, -0.2) is 0 Å². The smallest absolute Gasteiger partial charge is 0.0775 e. The van der Waals surface area contributed by atoms with Gasteiger partial charge in [-0.2, -0.15) is 0 Å². The SMILES string of the molecule is OCc1cc2sc3cc4c(cc3c2s1)sc1cc(CO)sc14. The fraction of sp³-hybridized carbons (Fsp3) is 0.125. The van der Waals surface area contributed by atoms with E-state index in [-0.39, 0.29) is 13.2 Å². The van der Waals surface area contributed by atoms with Gasteiger partial charge < -0.3 is 10.2 Å². The average Bonchev–Trinajstić information content (AvgIpc) is 3.22. The van der Waals surface area contributed by atoms with E-state index in [4.69, 9.17) is 0 Å². The molecule has 0 atom stereocenters. The fourth-order valence-electron chi connectivity index (χ4n) is 2.85. The van der Waals surface area contributed by atoms with Crippen LogP contribution in [0, 0.1) is 0 Å². The Morgan fingerprint density at radius 2 is 1.05 bits per heavy atom. The molecule has 0 unspecified atom stereocenters. The summed E-state index contributed by atoms with van der Waals surface area (Å²) in [6.45, 7) is 0.239. The molecule has 0 saturated heterocycles. The number of hydrogen-bond acceptors (Lipinski definition) is 6. The van der Waals surface area contributed by atoms with Gasteiger partial charge in [0.05, 0.1) is 22.6 Å². The first kappa shape index (κ1) is 13.4. The van der Waals surface area contributed by atoms with Crippen molar-refractivity contribution in [3.8, 4) is 0 Å². The van der Waals surface area contributed by atoms with Crippen molar-refractivity contribution in [1.82, 2.24) is 0 Å². The zero-order valence-corrected chi connectivity index (χ0v) is 14.5. The lowest BCUT2D eigenvalue weighted by molar-refractivity contribution is 0.285. The fourth-order valence-corrected chi connectivity index (χ4v) is 7.69. The molecule has 2 N–H and O–H groups in total. The first-order chi connectivity index (χ1) is 10.8. The molecule has 4 aromatic heterocycles. The molecule has 1 aromatic carbocycles. The highest BCUT2D eigenvalue weighted by molar-refractivity contribution is 7.34. The Bertz CT molecular complexity index is 1060. The van der Waals surface area contributed by atoms with Crippen molar-refractivity contribution in [2.75, 3.05) is 0 Å². The first-order valence-electron chi connectivity index (χ1n) is 6.78. The van der Waals surface area contributed by atoms with E-state index in [0.717, 1.165) is 9.75 Å². The van der Waals surface area contributed by atoms with Gasteiger partial charge in [0.15, 0.2) is 0 Å².